The zero-order chi connectivity index (χ0) is 23.3. The number of aryl methyl sites for hydroxylation is 2. The van der Waals surface area contributed by atoms with Gasteiger partial charge in [0.2, 0.25) is 15.9 Å². The maximum atomic E-state index is 12.8. The number of sulfonamides is 1. The first-order chi connectivity index (χ1) is 15.2. The Labute approximate surface area is 195 Å². The molecule has 0 saturated carbocycles. The molecule has 1 amide bonds. The predicted octanol–water partition coefficient (Wildman–Crippen LogP) is 4.31. The van der Waals surface area contributed by atoms with Crippen molar-refractivity contribution in [2.24, 2.45) is 0 Å². The molecule has 1 fully saturated rings. The number of rotatable bonds is 8. The molecule has 6 nitrogen and oxygen atoms in total. The highest BCUT2D eigenvalue weighted by atomic mass is 35.5. The van der Waals surface area contributed by atoms with Crippen molar-refractivity contribution in [3.8, 4) is 16.9 Å². The van der Waals surface area contributed by atoms with E-state index in [4.69, 9.17) is 16.3 Å². The van der Waals surface area contributed by atoms with E-state index >= 15 is 0 Å². The van der Waals surface area contributed by atoms with Crippen molar-refractivity contribution in [3.63, 3.8) is 0 Å². The maximum absolute atomic E-state index is 12.8. The first kappa shape index (κ1) is 24.3. The molecule has 2 aromatic rings. The molecule has 1 saturated heterocycles. The van der Waals surface area contributed by atoms with Crippen LogP contribution in [-0.2, 0) is 21.2 Å². The Bertz CT molecular complexity index is 1080. The van der Waals surface area contributed by atoms with E-state index in [1.54, 1.807) is 18.1 Å². The van der Waals surface area contributed by atoms with Crippen LogP contribution < -0.4 is 9.46 Å². The van der Waals surface area contributed by atoms with Crippen molar-refractivity contribution in [3.05, 3.63) is 64.5 Å². The molecule has 0 bridgehead atoms. The molecule has 1 aliphatic heterocycles. The number of piperidine rings is 1. The minimum atomic E-state index is -3.46. The van der Waals surface area contributed by atoms with Crippen LogP contribution in [-0.4, -0.2) is 45.5 Å². The molecular weight excluding hydrogens is 448 g/mol. The van der Waals surface area contributed by atoms with Gasteiger partial charge in [-0.05, 0) is 49.4 Å². The minimum Gasteiger partial charge on any atom is -0.496 e. The molecule has 0 aliphatic carbocycles. The first-order valence-electron chi connectivity index (χ1n) is 10.6. The molecule has 2 aromatic carbocycles. The molecule has 1 N–H and O–H groups in total. The zero-order valence-corrected chi connectivity index (χ0v) is 20.0. The van der Waals surface area contributed by atoms with Gasteiger partial charge >= 0.3 is 0 Å². The Kier molecular flexibility index (Phi) is 7.98. The highest BCUT2D eigenvalue weighted by molar-refractivity contribution is 7.92. The fourth-order valence-electron chi connectivity index (χ4n) is 3.87. The van der Waals surface area contributed by atoms with E-state index < -0.39 is 10.0 Å². The lowest BCUT2D eigenvalue weighted by atomic mass is 9.98. The second kappa shape index (κ2) is 10.5. The number of halogens is 1. The Balaban J connectivity index is 1.65. The Morgan fingerprint density at radius 1 is 1.25 bits per heavy atom. The minimum absolute atomic E-state index is 0.0453. The number of hydrogen-bond donors (Lipinski definition) is 1. The van der Waals surface area contributed by atoms with Gasteiger partial charge in [0.15, 0.2) is 0 Å². The predicted molar refractivity (Wildman–Crippen MR) is 128 cm³/mol. The number of methoxy groups -OCH3 is 1. The van der Waals surface area contributed by atoms with Gasteiger partial charge in [0.1, 0.15) is 5.75 Å². The van der Waals surface area contributed by atoms with Gasteiger partial charge in [-0.1, -0.05) is 48.0 Å². The molecular formula is C24H29ClN2O4S. The van der Waals surface area contributed by atoms with Gasteiger partial charge < -0.3 is 9.64 Å². The summed E-state index contributed by atoms with van der Waals surface area (Å²) in [5, 5.41) is 1.51. The van der Waals surface area contributed by atoms with Gasteiger partial charge in [0.25, 0.3) is 0 Å². The molecule has 0 spiro atoms. The summed E-state index contributed by atoms with van der Waals surface area (Å²) in [6, 6.07) is 11.8. The number of carbonyl (C=O) groups excluding carboxylic acids is 1. The molecule has 0 atom stereocenters. The van der Waals surface area contributed by atoms with Gasteiger partial charge in [-0.3, -0.25) is 4.79 Å². The van der Waals surface area contributed by atoms with Crippen molar-refractivity contribution < 1.29 is 17.9 Å². The van der Waals surface area contributed by atoms with Crippen molar-refractivity contribution >= 4 is 27.5 Å². The molecule has 8 heteroatoms. The quantitative estimate of drug-likeness (QED) is 0.616. The van der Waals surface area contributed by atoms with Crippen LogP contribution in [0.1, 0.15) is 30.4 Å². The molecule has 0 aromatic heterocycles. The molecule has 0 unspecified atom stereocenters. The van der Waals surface area contributed by atoms with Crippen LogP contribution in [0.2, 0.25) is 5.02 Å². The van der Waals surface area contributed by atoms with E-state index in [1.807, 2.05) is 37.3 Å². The summed E-state index contributed by atoms with van der Waals surface area (Å²) in [5.41, 5.74) is 4.02. The van der Waals surface area contributed by atoms with Crippen LogP contribution in [0.25, 0.3) is 11.1 Å². The lowest BCUT2D eigenvalue weighted by Gasteiger charge is -2.32. The van der Waals surface area contributed by atoms with E-state index in [1.165, 1.54) is 5.56 Å². The van der Waals surface area contributed by atoms with Gasteiger partial charge in [-0.2, -0.15) is 0 Å². The molecule has 1 aliphatic rings. The fraction of sp³-hybridized carbons (Fsp3) is 0.375. The lowest BCUT2D eigenvalue weighted by Crippen LogP contribution is -2.46. The SMILES string of the molecule is C=CS(=O)(=O)NC1CCN(C(=O)CCc2cc(-c3ccc(C)cc3)c(Cl)cc2OC)CC1. The number of benzene rings is 2. The number of carbonyl (C=O) groups is 1. The van der Waals surface area contributed by atoms with Gasteiger partial charge in [0, 0.05) is 36.5 Å². The van der Waals surface area contributed by atoms with Crippen molar-refractivity contribution in [2.75, 3.05) is 20.2 Å². The third-order valence-electron chi connectivity index (χ3n) is 5.74. The third-order valence-corrected chi connectivity index (χ3v) is 7.15. The normalized spacial score (nSPS) is 14.9. The second-order valence-corrected chi connectivity index (χ2v) is 10.1. The summed E-state index contributed by atoms with van der Waals surface area (Å²) in [7, 11) is -1.86. The van der Waals surface area contributed by atoms with E-state index in [9.17, 15) is 13.2 Å². The first-order valence-corrected chi connectivity index (χ1v) is 12.5. The number of nitrogens with zero attached hydrogens (tertiary/aromatic N) is 1. The average molecular weight is 477 g/mol. The summed E-state index contributed by atoms with van der Waals surface area (Å²) >= 11 is 6.50. The lowest BCUT2D eigenvalue weighted by molar-refractivity contribution is -0.132. The molecule has 0 radical (unpaired) electrons. The standard InChI is InChI=1S/C24H29ClN2O4S/c1-4-32(29,30)26-20-11-13-27(14-12-20)24(28)10-9-19-15-21(22(25)16-23(19)31-3)18-7-5-17(2)6-8-18/h4-8,15-16,20,26H,1,9-14H2,2-3H3. The van der Waals surface area contributed by atoms with Crippen molar-refractivity contribution in [2.45, 2.75) is 38.6 Å². The van der Waals surface area contributed by atoms with Crippen molar-refractivity contribution in [1.82, 2.24) is 9.62 Å². The Hall–Kier alpha value is -2.35. The van der Waals surface area contributed by atoms with Gasteiger partial charge in [-0.25, -0.2) is 13.1 Å². The van der Waals surface area contributed by atoms with Crippen LogP contribution in [0.5, 0.6) is 5.75 Å². The van der Waals surface area contributed by atoms with E-state index in [0.717, 1.165) is 22.1 Å². The number of nitrogens with one attached hydrogen (secondary N) is 1. The zero-order valence-electron chi connectivity index (χ0n) is 18.4. The number of amides is 1. The average Bonchev–Trinajstić information content (AvgIpc) is 2.78. The van der Waals surface area contributed by atoms with Crippen LogP contribution >= 0.6 is 11.6 Å². The highest BCUT2D eigenvalue weighted by Crippen LogP contribution is 2.35. The molecule has 172 valence electrons. The molecule has 32 heavy (non-hydrogen) atoms. The largest absolute Gasteiger partial charge is 0.496 e. The van der Waals surface area contributed by atoms with E-state index in [0.29, 0.717) is 49.5 Å². The third kappa shape index (κ3) is 6.12. The summed E-state index contributed by atoms with van der Waals surface area (Å²) in [6.45, 7) is 6.39. The monoisotopic (exact) mass is 476 g/mol. The highest BCUT2D eigenvalue weighted by Gasteiger charge is 2.25. The van der Waals surface area contributed by atoms with Gasteiger partial charge in [0.05, 0.1) is 12.1 Å². The van der Waals surface area contributed by atoms with Gasteiger partial charge in [-0.15, -0.1) is 0 Å². The Morgan fingerprint density at radius 2 is 1.91 bits per heavy atom. The number of likely N-dealkylation sites (tertiary alicyclic amines) is 1. The second-order valence-electron chi connectivity index (χ2n) is 7.99. The topological polar surface area (TPSA) is 75.7 Å². The van der Waals surface area contributed by atoms with Crippen molar-refractivity contribution in [1.29, 1.82) is 0 Å². The molecule has 1 heterocycles. The van der Waals surface area contributed by atoms with Crippen LogP contribution in [0.3, 0.4) is 0 Å². The summed E-state index contributed by atoms with van der Waals surface area (Å²) in [4.78, 5) is 14.6. The Morgan fingerprint density at radius 3 is 2.50 bits per heavy atom. The van der Waals surface area contributed by atoms with Crippen LogP contribution in [0.15, 0.2) is 48.4 Å². The van der Waals surface area contributed by atoms with Crippen LogP contribution in [0.4, 0.5) is 0 Å². The summed E-state index contributed by atoms with van der Waals surface area (Å²) < 4.78 is 31.4. The smallest absolute Gasteiger partial charge is 0.233 e. The summed E-state index contributed by atoms with van der Waals surface area (Å²) in [5.74, 6) is 0.708. The fourth-order valence-corrected chi connectivity index (χ4v) is 4.93. The van der Waals surface area contributed by atoms with E-state index in [-0.39, 0.29) is 11.9 Å². The molecule has 3 rings (SSSR count). The maximum Gasteiger partial charge on any atom is 0.233 e. The number of hydrogen-bond acceptors (Lipinski definition) is 4. The van der Waals surface area contributed by atoms with Crippen LogP contribution in [0, 0.1) is 6.92 Å². The number of ether oxygens (including phenoxy) is 1. The van der Waals surface area contributed by atoms with E-state index in [2.05, 4.69) is 11.3 Å². The summed E-state index contributed by atoms with van der Waals surface area (Å²) in [6.07, 6.45) is 2.04.